The summed E-state index contributed by atoms with van der Waals surface area (Å²) in [5, 5.41) is 2.94. The van der Waals surface area contributed by atoms with Gasteiger partial charge in [-0.3, -0.25) is 9.78 Å². The zero-order valence-corrected chi connectivity index (χ0v) is 7.36. The first kappa shape index (κ1) is 8.23. The van der Waals surface area contributed by atoms with Crippen LogP contribution in [0.1, 0.15) is 18.4 Å². The molecule has 1 atom stereocenters. The van der Waals surface area contributed by atoms with E-state index in [0.29, 0.717) is 12.5 Å². The Labute approximate surface area is 77.2 Å². The summed E-state index contributed by atoms with van der Waals surface area (Å²) in [7, 11) is 0. The summed E-state index contributed by atoms with van der Waals surface area (Å²) in [5.74, 6) is 0.180. The van der Waals surface area contributed by atoms with E-state index in [-0.39, 0.29) is 5.91 Å². The monoisotopic (exact) mass is 176 g/mol. The Morgan fingerprint density at radius 3 is 2.85 bits per heavy atom. The van der Waals surface area contributed by atoms with Crippen molar-refractivity contribution in [3.8, 4) is 0 Å². The van der Waals surface area contributed by atoms with Crippen molar-refractivity contribution in [2.45, 2.75) is 25.3 Å². The lowest BCUT2D eigenvalue weighted by molar-refractivity contribution is -0.119. The lowest BCUT2D eigenvalue weighted by Crippen LogP contribution is -2.27. The highest BCUT2D eigenvalue weighted by molar-refractivity contribution is 5.78. The predicted octanol–water partition coefficient (Wildman–Crippen LogP) is 0.903. The number of pyridine rings is 1. The Morgan fingerprint density at radius 1 is 1.46 bits per heavy atom. The molecule has 2 rings (SSSR count). The third-order valence-electron chi connectivity index (χ3n) is 2.32. The lowest BCUT2D eigenvalue weighted by Gasteiger charge is -2.08. The Hall–Kier alpha value is -1.38. The number of hydrogen-bond donors (Lipinski definition) is 1. The second kappa shape index (κ2) is 3.56. The normalized spacial score (nSPS) is 21.5. The molecule has 1 aromatic heterocycles. The molecule has 1 aromatic rings. The first-order valence-electron chi connectivity index (χ1n) is 4.53. The van der Waals surface area contributed by atoms with Crippen LogP contribution in [0, 0.1) is 0 Å². The summed E-state index contributed by atoms with van der Waals surface area (Å²) in [6, 6.07) is 4.31. The van der Waals surface area contributed by atoms with E-state index >= 15 is 0 Å². The number of hydrogen-bond acceptors (Lipinski definition) is 2. The maximum Gasteiger partial charge on any atom is 0.220 e. The maximum absolute atomic E-state index is 10.9. The molecular weight excluding hydrogens is 164 g/mol. The van der Waals surface area contributed by atoms with E-state index in [1.807, 2.05) is 12.1 Å². The second-order valence-electron chi connectivity index (χ2n) is 3.36. The highest BCUT2D eigenvalue weighted by Crippen LogP contribution is 2.11. The highest BCUT2D eigenvalue weighted by atomic mass is 16.1. The molecule has 0 saturated carbocycles. The van der Waals surface area contributed by atoms with Gasteiger partial charge in [-0.05, 0) is 30.5 Å². The molecule has 3 heteroatoms. The molecule has 0 aromatic carbocycles. The molecular formula is C10H12N2O. The summed E-state index contributed by atoms with van der Waals surface area (Å²) in [4.78, 5) is 14.9. The van der Waals surface area contributed by atoms with E-state index in [4.69, 9.17) is 0 Å². The number of nitrogens with zero attached hydrogens (tertiary/aromatic N) is 1. The van der Waals surface area contributed by atoms with Gasteiger partial charge in [0.15, 0.2) is 0 Å². The molecule has 1 N–H and O–H groups in total. The largest absolute Gasteiger partial charge is 0.353 e. The van der Waals surface area contributed by atoms with Crippen LogP contribution in [0.4, 0.5) is 0 Å². The van der Waals surface area contributed by atoms with Gasteiger partial charge in [0.25, 0.3) is 0 Å². The Balaban J connectivity index is 1.96. The molecule has 1 unspecified atom stereocenters. The highest BCUT2D eigenvalue weighted by Gasteiger charge is 2.20. The van der Waals surface area contributed by atoms with Crippen LogP contribution in [0.2, 0.25) is 0 Å². The van der Waals surface area contributed by atoms with Gasteiger partial charge in [-0.1, -0.05) is 0 Å². The van der Waals surface area contributed by atoms with Crippen molar-refractivity contribution in [2.75, 3.05) is 0 Å². The fourth-order valence-electron chi connectivity index (χ4n) is 1.63. The van der Waals surface area contributed by atoms with Crippen molar-refractivity contribution >= 4 is 5.91 Å². The average Bonchev–Trinajstić information content (AvgIpc) is 2.53. The molecule has 1 aliphatic rings. The topological polar surface area (TPSA) is 42.0 Å². The van der Waals surface area contributed by atoms with Gasteiger partial charge >= 0.3 is 0 Å². The fourth-order valence-corrected chi connectivity index (χ4v) is 1.63. The van der Waals surface area contributed by atoms with Crippen LogP contribution in [0.3, 0.4) is 0 Å². The van der Waals surface area contributed by atoms with Gasteiger partial charge in [0.2, 0.25) is 5.91 Å². The SMILES string of the molecule is O=C1CCC(Cc2ccncc2)N1. The van der Waals surface area contributed by atoms with Gasteiger partial charge in [-0.15, -0.1) is 0 Å². The van der Waals surface area contributed by atoms with Gasteiger partial charge < -0.3 is 5.32 Å². The standard InChI is InChI=1S/C10H12N2O/c13-10-2-1-9(12-10)7-8-3-5-11-6-4-8/h3-6,9H,1-2,7H2,(H,12,13). The summed E-state index contributed by atoms with van der Waals surface area (Å²) in [6.07, 6.45) is 6.13. The van der Waals surface area contributed by atoms with E-state index in [9.17, 15) is 4.79 Å². The van der Waals surface area contributed by atoms with Gasteiger partial charge in [0.1, 0.15) is 0 Å². The Kier molecular flexibility index (Phi) is 2.25. The third-order valence-corrected chi connectivity index (χ3v) is 2.32. The molecule has 0 spiro atoms. The minimum absolute atomic E-state index is 0.180. The molecule has 0 aliphatic carbocycles. The van der Waals surface area contributed by atoms with E-state index in [1.54, 1.807) is 12.4 Å². The zero-order valence-electron chi connectivity index (χ0n) is 7.36. The van der Waals surface area contributed by atoms with E-state index < -0.39 is 0 Å². The summed E-state index contributed by atoms with van der Waals surface area (Å²) < 4.78 is 0. The summed E-state index contributed by atoms with van der Waals surface area (Å²) in [6.45, 7) is 0. The number of aromatic nitrogens is 1. The van der Waals surface area contributed by atoms with Gasteiger partial charge in [0, 0.05) is 24.9 Å². The Bertz CT molecular complexity index is 297. The van der Waals surface area contributed by atoms with Crippen molar-refractivity contribution in [1.82, 2.24) is 10.3 Å². The van der Waals surface area contributed by atoms with Crippen LogP contribution < -0.4 is 5.32 Å². The lowest BCUT2D eigenvalue weighted by atomic mass is 10.1. The van der Waals surface area contributed by atoms with E-state index in [1.165, 1.54) is 5.56 Å². The van der Waals surface area contributed by atoms with Crippen molar-refractivity contribution in [2.24, 2.45) is 0 Å². The molecule has 0 bridgehead atoms. The predicted molar refractivity (Wildman–Crippen MR) is 49.1 cm³/mol. The van der Waals surface area contributed by atoms with Gasteiger partial charge in [0.05, 0.1) is 0 Å². The van der Waals surface area contributed by atoms with Crippen LogP contribution in [0.25, 0.3) is 0 Å². The number of rotatable bonds is 2. The number of amides is 1. The third kappa shape index (κ3) is 2.05. The van der Waals surface area contributed by atoms with Crippen molar-refractivity contribution < 1.29 is 4.79 Å². The molecule has 0 radical (unpaired) electrons. The summed E-state index contributed by atoms with van der Waals surface area (Å²) in [5.41, 5.74) is 1.24. The maximum atomic E-state index is 10.9. The van der Waals surface area contributed by atoms with Crippen LogP contribution in [0.5, 0.6) is 0 Å². The average molecular weight is 176 g/mol. The van der Waals surface area contributed by atoms with Crippen LogP contribution in [-0.4, -0.2) is 16.9 Å². The van der Waals surface area contributed by atoms with Crippen LogP contribution in [-0.2, 0) is 11.2 Å². The first-order valence-corrected chi connectivity index (χ1v) is 4.53. The molecule has 1 aliphatic heterocycles. The van der Waals surface area contributed by atoms with Gasteiger partial charge in [-0.2, -0.15) is 0 Å². The summed E-state index contributed by atoms with van der Waals surface area (Å²) >= 11 is 0. The molecule has 68 valence electrons. The molecule has 1 saturated heterocycles. The van der Waals surface area contributed by atoms with Crippen LogP contribution in [0.15, 0.2) is 24.5 Å². The minimum atomic E-state index is 0.180. The first-order chi connectivity index (χ1) is 6.34. The smallest absolute Gasteiger partial charge is 0.220 e. The fraction of sp³-hybridized carbons (Fsp3) is 0.400. The minimum Gasteiger partial charge on any atom is -0.353 e. The van der Waals surface area contributed by atoms with Crippen molar-refractivity contribution in [1.29, 1.82) is 0 Å². The van der Waals surface area contributed by atoms with Gasteiger partial charge in [-0.25, -0.2) is 0 Å². The van der Waals surface area contributed by atoms with E-state index in [0.717, 1.165) is 12.8 Å². The second-order valence-corrected chi connectivity index (χ2v) is 3.36. The molecule has 1 fully saturated rings. The molecule has 1 amide bonds. The van der Waals surface area contributed by atoms with Crippen molar-refractivity contribution in [3.05, 3.63) is 30.1 Å². The molecule has 2 heterocycles. The number of carbonyl (C=O) groups is 1. The number of carbonyl (C=O) groups excluding carboxylic acids is 1. The van der Waals surface area contributed by atoms with Crippen LogP contribution >= 0.6 is 0 Å². The van der Waals surface area contributed by atoms with E-state index in [2.05, 4.69) is 10.3 Å². The Morgan fingerprint density at radius 2 is 2.23 bits per heavy atom. The zero-order chi connectivity index (χ0) is 9.10. The number of nitrogens with one attached hydrogen (secondary N) is 1. The quantitative estimate of drug-likeness (QED) is 0.727. The molecule has 3 nitrogen and oxygen atoms in total. The molecule has 13 heavy (non-hydrogen) atoms. The van der Waals surface area contributed by atoms with Crippen molar-refractivity contribution in [3.63, 3.8) is 0 Å².